The van der Waals surface area contributed by atoms with Gasteiger partial charge in [0.15, 0.2) is 0 Å². The molecule has 0 aromatic heterocycles. The van der Waals surface area contributed by atoms with E-state index in [0.29, 0.717) is 5.75 Å². The monoisotopic (exact) mass is 462 g/mol. The Bertz CT molecular complexity index is 898. The second-order valence-corrected chi connectivity index (χ2v) is 12.0. The first-order valence-electron chi connectivity index (χ1n) is 8.59. The van der Waals surface area contributed by atoms with Gasteiger partial charge in [-0.3, -0.25) is 4.52 Å². The molecule has 0 saturated carbocycles. The van der Waals surface area contributed by atoms with E-state index in [1.807, 2.05) is 13.2 Å². The highest BCUT2D eigenvalue weighted by atomic mass is 32.7. The molecular formula is C18H23O6PS3. The Kier molecular flexibility index (Phi) is 8.77. The van der Waals surface area contributed by atoms with Gasteiger partial charge in [0.2, 0.25) is 0 Å². The minimum Gasteiger partial charge on any atom is -0.417 e. The minimum absolute atomic E-state index is 0.0266. The van der Waals surface area contributed by atoms with Gasteiger partial charge in [0, 0.05) is 10.6 Å². The maximum absolute atomic E-state index is 12.7. The molecule has 154 valence electrons. The Labute approximate surface area is 174 Å². The third-order valence-electron chi connectivity index (χ3n) is 3.34. The van der Waals surface area contributed by atoms with Gasteiger partial charge in [-0.2, -0.15) is 8.42 Å². The van der Waals surface area contributed by atoms with Crippen LogP contribution < -0.4 is 8.71 Å². The van der Waals surface area contributed by atoms with Gasteiger partial charge in [-0.05, 0) is 79.5 Å². The average molecular weight is 463 g/mol. The van der Waals surface area contributed by atoms with Crippen molar-refractivity contribution in [2.24, 2.45) is 0 Å². The quantitative estimate of drug-likeness (QED) is 0.234. The maximum Gasteiger partial charge on any atom is 0.440 e. The molecular weight excluding hydrogens is 439 g/mol. The summed E-state index contributed by atoms with van der Waals surface area (Å²) in [4.78, 5) is 0.979. The molecule has 0 fully saturated rings. The molecule has 2 rings (SSSR count). The number of rotatable bonds is 11. The lowest BCUT2D eigenvalue weighted by Crippen LogP contribution is -2.09. The molecule has 0 bridgehead atoms. The predicted octanol–water partition coefficient (Wildman–Crippen LogP) is 5.84. The molecule has 6 nitrogen and oxygen atoms in total. The molecule has 0 saturated heterocycles. The Morgan fingerprint density at radius 2 is 1.57 bits per heavy atom. The number of hydrogen-bond acceptors (Lipinski definition) is 8. The lowest BCUT2D eigenvalue weighted by atomic mass is 10.3. The Hall–Kier alpha value is -1.12. The highest BCUT2D eigenvalue weighted by molar-refractivity contribution is 8.55. The van der Waals surface area contributed by atoms with Crippen LogP contribution in [0, 0.1) is 0 Å². The SMILES string of the molecule is CCCSP(=O)(OCC)Oc1ccc(S(=O)(=O)Oc2ccc(SC)cc2)cc1. The molecule has 0 heterocycles. The van der Waals surface area contributed by atoms with Crippen molar-refractivity contribution in [2.45, 2.75) is 30.1 Å². The molecule has 1 atom stereocenters. The second kappa shape index (κ2) is 10.6. The summed E-state index contributed by atoms with van der Waals surface area (Å²) in [6.45, 7) is 0.619. The standard InChI is InChI=1S/C18H23O6PS3/c1-4-14-27-25(19,22-5-2)23-15-8-12-18(13-9-15)28(20,21)24-16-6-10-17(26-3)11-7-16/h6-13H,4-5,14H2,1-3H3. The van der Waals surface area contributed by atoms with Crippen LogP contribution in [0.3, 0.4) is 0 Å². The molecule has 0 spiro atoms. The summed E-state index contributed by atoms with van der Waals surface area (Å²) in [5, 5.41) is 0. The largest absolute Gasteiger partial charge is 0.440 e. The fourth-order valence-electron chi connectivity index (χ4n) is 2.05. The predicted molar refractivity (Wildman–Crippen MR) is 115 cm³/mol. The van der Waals surface area contributed by atoms with E-state index in [9.17, 15) is 13.0 Å². The molecule has 2 aromatic rings. The van der Waals surface area contributed by atoms with E-state index in [0.717, 1.165) is 22.7 Å². The van der Waals surface area contributed by atoms with Gasteiger partial charge in [-0.25, -0.2) is 4.57 Å². The molecule has 0 aliphatic heterocycles. The van der Waals surface area contributed by atoms with Gasteiger partial charge >= 0.3 is 16.9 Å². The van der Waals surface area contributed by atoms with E-state index in [2.05, 4.69) is 0 Å². The summed E-state index contributed by atoms with van der Waals surface area (Å²) < 4.78 is 53.5. The van der Waals surface area contributed by atoms with Crippen LogP contribution >= 0.6 is 29.9 Å². The summed E-state index contributed by atoms with van der Waals surface area (Å²) in [6, 6.07) is 12.3. The van der Waals surface area contributed by atoms with E-state index in [1.165, 1.54) is 24.3 Å². The van der Waals surface area contributed by atoms with Crippen molar-refractivity contribution in [3.05, 3.63) is 48.5 Å². The lowest BCUT2D eigenvalue weighted by molar-refractivity contribution is 0.296. The van der Waals surface area contributed by atoms with Crippen molar-refractivity contribution in [1.29, 1.82) is 0 Å². The molecule has 0 aliphatic rings. The van der Waals surface area contributed by atoms with Gasteiger partial charge in [0.05, 0.1) is 6.61 Å². The van der Waals surface area contributed by atoms with Crippen LogP contribution in [0.15, 0.2) is 58.3 Å². The van der Waals surface area contributed by atoms with Gasteiger partial charge < -0.3 is 8.71 Å². The normalized spacial score (nSPS) is 13.7. The van der Waals surface area contributed by atoms with E-state index >= 15 is 0 Å². The van der Waals surface area contributed by atoms with Crippen molar-refractivity contribution >= 4 is 40.1 Å². The topological polar surface area (TPSA) is 78.9 Å². The Morgan fingerprint density at radius 3 is 2.11 bits per heavy atom. The van der Waals surface area contributed by atoms with Crippen LogP contribution in [-0.2, 0) is 19.2 Å². The molecule has 0 aliphatic carbocycles. The minimum atomic E-state index is -3.99. The summed E-state index contributed by atoms with van der Waals surface area (Å²) in [5.74, 6) is 1.13. The molecule has 0 radical (unpaired) electrons. The molecule has 10 heteroatoms. The van der Waals surface area contributed by atoms with Gasteiger partial charge in [-0.1, -0.05) is 6.92 Å². The third kappa shape index (κ3) is 6.74. The van der Waals surface area contributed by atoms with Crippen LogP contribution in [0.2, 0.25) is 0 Å². The Morgan fingerprint density at radius 1 is 0.964 bits per heavy atom. The average Bonchev–Trinajstić information content (AvgIpc) is 2.67. The zero-order valence-electron chi connectivity index (χ0n) is 15.9. The van der Waals surface area contributed by atoms with E-state index < -0.39 is 16.9 Å². The fourth-order valence-corrected chi connectivity index (χ4v) is 6.85. The number of benzene rings is 2. The van der Waals surface area contributed by atoms with Crippen LogP contribution in [0.5, 0.6) is 11.5 Å². The maximum atomic E-state index is 12.7. The van der Waals surface area contributed by atoms with Gasteiger partial charge in [0.25, 0.3) is 0 Å². The highest BCUT2D eigenvalue weighted by Crippen LogP contribution is 2.60. The molecule has 0 N–H and O–H groups in total. The number of thioether (sulfide) groups is 1. The van der Waals surface area contributed by atoms with Crippen molar-refractivity contribution < 1.29 is 26.2 Å². The first-order chi connectivity index (χ1) is 13.3. The zero-order valence-corrected chi connectivity index (χ0v) is 19.2. The summed E-state index contributed by atoms with van der Waals surface area (Å²) >= 11 is 2.68. The fraction of sp³-hybridized carbons (Fsp3) is 0.333. The van der Waals surface area contributed by atoms with Crippen molar-refractivity contribution in [2.75, 3.05) is 18.6 Å². The molecule has 0 amide bonds. The van der Waals surface area contributed by atoms with Crippen LogP contribution in [0.25, 0.3) is 0 Å². The van der Waals surface area contributed by atoms with Crippen molar-refractivity contribution in [1.82, 2.24) is 0 Å². The smallest absolute Gasteiger partial charge is 0.417 e. The van der Waals surface area contributed by atoms with Crippen LogP contribution in [0.4, 0.5) is 0 Å². The zero-order chi connectivity index (χ0) is 20.6. The van der Waals surface area contributed by atoms with Crippen LogP contribution in [0.1, 0.15) is 20.3 Å². The Balaban J connectivity index is 2.12. The summed E-state index contributed by atoms with van der Waals surface area (Å²) in [5.41, 5.74) is 0. The van der Waals surface area contributed by atoms with Gasteiger partial charge in [-0.15, -0.1) is 11.8 Å². The molecule has 1 unspecified atom stereocenters. The first kappa shape index (κ1) is 23.2. The van der Waals surface area contributed by atoms with Crippen molar-refractivity contribution in [3.63, 3.8) is 0 Å². The second-order valence-electron chi connectivity index (χ2n) is 5.47. The van der Waals surface area contributed by atoms with E-state index in [4.69, 9.17) is 13.2 Å². The van der Waals surface area contributed by atoms with E-state index in [1.54, 1.807) is 43.0 Å². The van der Waals surface area contributed by atoms with Crippen LogP contribution in [-0.4, -0.2) is 27.0 Å². The highest BCUT2D eigenvalue weighted by Gasteiger charge is 2.27. The van der Waals surface area contributed by atoms with Gasteiger partial charge in [0.1, 0.15) is 16.4 Å². The summed E-state index contributed by atoms with van der Waals surface area (Å²) in [7, 11) is -3.99. The lowest BCUT2D eigenvalue weighted by Gasteiger charge is -2.17. The molecule has 2 aromatic carbocycles. The van der Waals surface area contributed by atoms with Crippen molar-refractivity contribution in [3.8, 4) is 11.5 Å². The third-order valence-corrected chi connectivity index (χ3v) is 9.29. The molecule has 28 heavy (non-hydrogen) atoms. The summed E-state index contributed by atoms with van der Waals surface area (Å²) in [6.07, 6.45) is 2.76. The number of hydrogen-bond donors (Lipinski definition) is 0. The van der Waals surface area contributed by atoms with E-state index in [-0.39, 0.29) is 23.0 Å². The first-order valence-corrected chi connectivity index (χ1v) is 14.4.